The number of aliphatic hydroxyl groups is 1. The summed E-state index contributed by atoms with van der Waals surface area (Å²) >= 11 is 0. The molecule has 0 bridgehead atoms. The van der Waals surface area contributed by atoms with Gasteiger partial charge in [-0.1, -0.05) is 29.8 Å². The number of fused-ring (bicyclic) bond motifs is 1. The van der Waals surface area contributed by atoms with Gasteiger partial charge < -0.3 is 15.2 Å². The Morgan fingerprint density at radius 3 is 2.49 bits per heavy atom. The third-order valence-electron chi connectivity index (χ3n) is 8.00. The minimum atomic E-state index is -0.949. The van der Waals surface area contributed by atoms with Crippen LogP contribution < -0.4 is 15.6 Å². The Morgan fingerprint density at radius 2 is 1.77 bits per heavy atom. The highest BCUT2D eigenvalue weighted by atomic mass is 16.5. The summed E-state index contributed by atoms with van der Waals surface area (Å²) in [6, 6.07) is 16.3. The highest BCUT2D eigenvalue weighted by molar-refractivity contribution is 5.74. The molecule has 4 aromatic rings. The molecule has 2 N–H and O–H groups in total. The summed E-state index contributed by atoms with van der Waals surface area (Å²) in [4.78, 5) is 20.1. The first-order valence-corrected chi connectivity index (χ1v) is 13.9. The van der Waals surface area contributed by atoms with Crippen LogP contribution in [-0.2, 0) is 13.1 Å². The number of hydrogen-bond donors (Lipinski definition) is 2. The van der Waals surface area contributed by atoms with Crippen LogP contribution in [0.4, 0.5) is 0 Å². The van der Waals surface area contributed by atoms with Gasteiger partial charge in [-0.05, 0) is 75.5 Å². The zero-order valence-electron chi connectivity index (χ0n) is 22.4. The van der Waals surface area contributed by atoms with Crippen LogP contribution in [0.1, 0.15) is 36.8 Å². The zero-order chi connectivity index (χ0) is 26.8. The Morgan fingerprint density at radius 1 is 1.05 bits per heavy atom. The van der Waals surface area contributed by atoms with Crippen LogP contribution in [0.5, 0.6) is 5.75 Å². The summed E-state index contributed by atoms with van der Waals surface area (Å²) < 4.78 is 9.33. The van der Waals surface area contributed by atoms with E-state index in [1.54, 1.807) is 10.9 Å². The normalized spacial score (nSPS) is 18.4. The van der Waals surface area contributed by atoms with E-state index in [1.807, 2.05) is 31.2 Å². The number of aryl methyl sites for hydroxylation is 1. The minimum Gasteiger partial charge on any atom is -0.490 e. The van der Waals surface area contributed by atoms with Crippen LogP contribution in [0.2, 0.25) is 0 Å². The number of likely N-dealkylation sites (tertiary alicyclic amines) is 1. The Bertz CT molecular complexity index is 1460. The molecule has 2 fully saturated rings. The Hall–Kier alpha value is -3.53. The lowest BCUT2D eigenvalue weighted by atomic mass is 9.91. The van der Waals surface area contributed by atoms with Crippen molar-refractivity contribution in [3.05, 3.63) is 82.5 Å². The van der Waals surface area contributed by atoms with E-state index in [0.29, 0.717) is 30.0 Å². The molecule has 6 rings (SSSR count). The third kappa shape index (κ3) is 5.75. The van der Waals surface area contributed by atoms with Crippen LogP contribution in [-0.4, -0.2) is 67.2 Å². The second kappa shape index (κ2) is 10.9. The van der Waals surface area contributed by atoms with Gasteiger partial charge in [-0.15, -0.1) is 0 Å². The summed E-state index contributed by atoms with van der Waals surface area (Å²) in [5, 5.41) is 19.6. The molecule has 0 spiro atoms. The van der Waals surface area contributed by atoms with E-state index >= 15 is 0 Å². The molecule has 2 aromatic heterocycles. The second-order valence-electron chi connectivity index (χ2n) is 11.0. The van der Waals surface area contributed by atoms with Crippen molar-refractivity contribution in [3.63, 3.8) is 0 Å². The van der Waals surface area contributed by atoms with Crippen LogP contribution in [0, 0.1) is 6.92 Å². The topological polar surface area (TPSA) is 97.4 Å². The summed E-state index contributed by atoms with van der Waals surface area (Å²) in [5.41, 5.74) is 2.63. The fourth-order valence-corrected chi connectivity index (χ4v) is 5.58. The Kier molecular flexibility index (Phi) is 7.20. The first kappa shape index (κ1) is 25.7. The standard InChI is InChI=1S/C30H36N6O3/c1-22-2-6-24(7-3-22)36-28-27(18-33-36)29(37)35(21-32-28)20-30(38)12-16-34(17-13-30)19-23-4-8-25(9-5-23)39-26-10-14-31-15-11-26/h2-9,18,21,26,31,38H,10-17,19-20H2,1H3. The van der Waals surface area contributed by atoms with Gasteiger partial charge in [0.15, 0.2) is 5.65 Å². The predicted molar refractivity (Wildman–Crippen MR) is 150 cm³/mol. The number of piperidine rings is 2. The van der Waals surface area contributed by atoms with Crippen LogP contribution in [0.3, 0.4) is 0 Å². The Balaban J connectivity index is 1.06. The summed E-state index contributed by atoms with van der Waals surface area (Å²) in [6.45, 7) is 6.64. The molecule has 9 heteroatoms. The SMILES string of the molecule is Cc1ccc(-n2ncc3c(=O)n(CC4(O)CCN(Cc5ccc(OC6CCNCC6)cc5)CC4)cnc32)cc1. The van der Waals surface area contributed by atoms with E-state index in [-0.39, 0.29) is 12.1 Å². The van der Waals surface area contributed by atoms with Crippen molar-refractivity contribution in [2.45, 2.75) is 57.4 Å². The van der Waals surface area contributed by atoms with E-state index < -0.39 is 5.60 Å². The van der Waals surface area contributed by atoms with Gasteiger partial charge in [-0.2, -0.15) is 5.10 Å². The molecular formula is C30H36N6O3. The first-order chi connectivity index (χ1) is 19.0. The second-order valence-corrected chi connectivity index (χ2v) is 11.0. The molecule has 0 atom stereocenters. The van der Waals surface area contributed by atoms with Crippen molar-refractivity contribution in [1.29, 1.82) is 0 Å². The van der Waals surface area contributed by atoms with Gasteiger partial charge in [0.2, 0.25) is 0 Å². The molecule has 0 radical (unpaired) electrons. The Labute approximate surface area is 228 Å². The summed E-state index contributed by atoms with van der Waals surface area (Å²) in [7, 11) is 0. The predicted octanol–water partition coefficient (Wildman–Crippen LogP) is 3.05. The van der Waals surface area contributed by atoms with E-state index in [4.69, 9.17) is 4.74 Å². The number of benzene rings is 2. The largest absolute Gasteiger partial charge is 0.490 e. The molecule has 204 valence electrons. The van der Waals surface area contributed by atoms with Gasteiger partial charge in [0.1, 0.15) is 23.6 Å². The lowest BCUT2D eigenvalue weighted by molar-refractivity contribution is -0.0364. The minimum absolute atomic E-state index is 0.180. The molecule has 2 saturated heterocycles. The number of aromatic nitrogens is 4. The van der Waals surface area contributed by atoms with E-state index in [0.717, 1.165) is 62.6 Å². The molecule has 2 aromatic carbocycles. The van der Waals surface area contributed by atoms with Gasteiger partial charge >= 0.3 is 0 Å². The maximum Gasteiger partial charge on any atom is 0.264 e. The summed E-state index contributed by atoms with van der Waals surface area (Å²) in [6.07, 6.45) is 6.68. The molecular weight excluding hydrogens is 492 g/mol. The van der Waals surface area contributed by atoms with Gasteiger partial charge in [0, 0.05) is 19.6 Å². The lowest BCUT2D eigenvalue weighted by Gasteiger charge is -2.38. The number of hydrogen-bond acceptors (Lipinski definition) is 7. The van der Waals surface area contributed by atoms with Crippen LogP contribution in [0.15, 0.2) is 65.8 Å². The third-order valence-corrected chi connectivity index (χ3v) is 8.00. The molecule has 39 heavy (non-hydrogen) atoms. The molecule has 4 heterocycles. The lowest BCUT2D eigenvalue weighted by Crippen LogP contribution is -2.47. The van der Waals surface area contributed by atoms with Crippen molar-refractivity contribution >= 4 is 11.0 Å². The molecule has 0 saturated carbocycles. The van der Waals surface area contributed by atoms with Crippen molar-refractivity contribution < 1.29 is 9.84 Å². The highest BCUT2D eigenvalue weighted by Crippen LogP contribution is 2.26. The van der Waals surface area contributed by atoms with Gasteiger partial charge in [-0.3, -0.25) is 14.3 Å². The number of nitrogens with one attached hydrogen (secondary N) is 1. The van der Waals surface area contributed by atoms with Crippen molar-refractivity contribution in [1.82, 2.24) is 29.5 Å². The van der Waals surface area contributed by atoms with Gasteiger partial charge in [0.05, 0.1) is 24.0 Å². The molecule has 2 aliphatic rings. The fourth-order valence-electron chi connectivity index (χ4n) is 5.58. The maximum atomic E-state index is 13.2. The quantitative estimate of drug-likeness (QED) is 0.381. The average Bonchev–Trinajstić information content (AvgIpc) is 3.39. The van der Waals surface area contributed by atoms with Crippen molar-refractivity contribution in [2.24, 2.45) is 0 Å². The summed E-state index contributed by atoms with van der Waals surface area (Å²) in [5.74, 6) is 0.930. The van der Waals surface area contributed by atoms with Crippen LogP contribution in [0.25, 0.3) is 16.7 Å². The van der Waals surface area contributed by atoms with Crippen LogP contribution >= 0.6 is 0 Å². The maximum absolute atomic E-state index is 13.2. The zero-order valence-corrected chi connectivity index (χ0v) is 22.4. The van der Waals surface area contributed by atoms with E-state index in [2.05, 4.69) is 44.6 Å². The number of nitrogens with zero attached hydrogens (tertiary/aromatic N) is 5. The smallest absolute Gasteiger partial charge is 0.264 e. The molecule has 0 aliphatic carbocycles. The molecule has 9 nitrogen and oxygen atoms in total. The van der Waals surface area contributed by atoms with Crippen molar-refractivity contribution in [2.75, 3.05) is 26.2 Å². The van der Waals surface area contributed by atoms with Gasteiger partial charge in [-0.25, -0.2) is 9.67 Å². The number of rotatable bonds is 7. The average molecular weight is 529 g/mol. The monoisotopic (exact) mass is 528 g/mol. The van der Waals surface area contributed by atoms with E-state index in [9.17, 15) is 9.90 Å². The molecule has 0 amide bonds. The molecule has 0 unspecified atom stereocenters. The first-order valence-electron chi connectivity index (χ1n) is 13.9. The fraction of sp³-hybridized carbons (Fsp3) is 0.433. The van der Waals surface area contributed by atoms with Crippen molar-refractivity contribution in [3.8, 4) is 11.4 Å². The molecule has 2 aliphatic heterocycles. The highest BCUT2D eigenvalue weighted by Gasteiger charge is 2.33. The van der Waals surface area contributed by atoms with Gasteiger partial charge in [0.25, 0.3) is 5.56 Å². The number of ether oxygens (including phenoxy) is 1. The van der Waals surface area contributed by atoms with E-state index in [1.165, 1.54) is 16.5 Å².